The van der Waals surface area contributed by atoms with E-state index in [1.165, 1.54) is 0 Å². The molecule has 0 saturated carbocycles. The van der Waals surface area contributed by atoms with E-state index in [1.807, 2.05) is 23.2 Å². The van der Waals surface area contributed by atoms with Gasteiger partial charge in [-0.2, -0.15) is 0 Å². The van der Waals surface area contributed by atoms with Gasteiger partial charge in [-0.3, -0.25) is 9.78 Å². The molecular weight excluding hydrogens is 202 g/mol. The lowest BCUT2D eigenvalue weighted by Crippen LogP contribution is -2.32. The van der Waals surface area contributed by atoms with Crippen molar-refractivity contribution in [3.05, 3.63) is 30.1 Å². The van der Waals surface area contributed by atoms with Gasteiger partial charge in [-0.25, -0.2) is 0 Å². The van der Waals surface area contributed by atoms with Gasteiger partial charge in [0.05, 0.1) is 6.04 Å². The fourth-order valence-corrected chi connectivity index (χ4v) is 2.27. The maximum atomic E-state index is 11.8. The normalized spacial score (nSPS) is 22.5. The van der Waals surface area contributed by atoms with Crippen molar-refractivity contribution in [2.24, 2.45) is 5.73 Å². The quantitative estimate of drug-likeness (QED) is 0.828. The van der Waals surface area contributed by atoms with E-state index in [0.717, 1.165) is 12.0 Å². The van der Waals surface area contributed by atoms with Crippen molar-refractivity contribution < 1.29 is 4.79 Å². The van der Waals surface area contributed by atoms with Crippen LogP contribution in [0.25, 0.3) is 0 Å². The van der Waals surface area contributed by atoms with E-state index in [-0.39, 0.29) is 18.0 Å². The van der Waals surface area contributed by atoms with Crippen LogP contribution >= 0.6 is 0 Å². The molecule has 1 aromatic rings. The number of amides is 1. The summed E-state index contributed by atoms with van der Waals surface area (Å²) in [5.41, 5.74) is 6.90. The third-order valence-electron chi connectivity index (χ3n) is 3.02. The number of nitrogens with zero attached hydrogens (tertiary/aromatic N) is 2. The number of hydrogen-bond donors (Lipinski definition) is 1. The van der Waals surface area contributed by atoms with Gasteiger partial charge in [0.15, 0.2) is 0 Å². The predicted octanol–water partition coefficient (Wildman–Crippen LogP) is 1.09. The first kappa shape index (κ1) is 11.1. The molecular formula is C12H17N3O. The molecule has 4 heteroatoms. The number of pyridine rings is 1. The zero-order valence-electron chi connectivity index (χ0n) is 9.47. The molecule has 1 aliphatic heterocycles. The first-order chi connectivity index (χ1) is 7.72. The van der Waals surface area contributed by atoms with Gasteiger partial charge in [-0.05, 0) is 18.1 Å². The summed E-state index contributed by atoms with van der Waals surface area (Å²) < 4.78 is 0. The minimum absolute atomic E-state index is 0.0155. The van der Waals surface area contributed by atoms with Crippen LogP contribution in [0.4, 0.5) is 0 Å². The van der Waals surface area contributed by atoms with Gasteiger partial charge in [0.2, 0.25) is 5.91 Å². The summed E-state index contributed by atoms with van der Waals surface area (Å²) in [4.78, 5) is 17.8. The van der Waals surface area contributed by atoms with Crippen molar-refractivity contribution in [2.45, 2.75) is 31.8 Å². The Morgan fingerprint density at radius 2 is 2.50 bits per heavy atom. The summed E-state index contributed by atoms with van der Waals surface area (Å²) in [5.74, 6) is 0.156. The molecule has 0 radical (unpaired) electrons. The van der Waals surface area contributed by atoms with Crippen molar-refractivity contribution in [3.63, 3.8) is 0 Å². The Balaban J connectivity index is 2.20. The topological polar surface area (TPSA) is 59.2 Å². The summed E-state index contributed by atoms with van der Waals surface area (Å²) in [5, 5.41) is 0. The zero-order chi connectivity index (χ0) is 11.5. The monoisotopic (exact) mass is 219 g/mol. The molecule has 16 heavy (non-hydrogen) atoms. The number of likely N-dealkylation sites (tertiary alicyclic amines) is 1. The van der Waals surface area contributed by atoms with Gasteiger partial charge in [-0.15, -0.1) is 0 Å². The lowest BCUT2D eigenvalue weighted by atomic mass is 10.1. The molecule has 1 fully saturated rings. The van der Waals surface area contributed by atoms with Gasteiger partial charge >= 0.3 is 0 Å². The number of hydrogen-bond acceptors (Lipinski definition) is 3. The second-order valence-electron chi connectivity index (χ2n) is 4.22. The summed E-state index contributed by atoms with van der Waals surface area (Å²) in [7, 11) is 0. The highest BCUT2D eigenvalue weighted by Crippen LogP contribution is 2.27. The molecule has 0 spiro atoms. The van der Waals surface area contributed by atoms with E-state index in [1.54, 1.807) is 6.20 Å². The van der Waals surface area contributed by atoms with Crippen LogP contribution in [-0.4, -0.2) is 28.4 Å². The second kappa shape index (κ2) is 4.61. The predicted molar refractivity (Wildman–Crippen MR) is 61.6 cm³/mol. The summed E-state index contributed by atoms with van der Waals surface area (Å²) in [6.45, 7) is 2.74. The third-order valence-corrected chi connectivity index (χ3v) is 3.02. The van der Waals surface area contributed by atoms with Crippen LogP contribution in [0.2, 0.25) is 0 Å². The van der Waals surface area contributed by atoms with Gasteiger partial charge in [-0.1, -0.05) is 13.0 Å². The fourth-order valence-electron chi connectivity index (χ4n) is 2.27. The van der Waals surface area contributed by atoms with Crippen LogP contribution in [0.15, 0.2) is 24.5 Å². The molecule has 2 atom stereocenters. The van der Waals surface area contributed by atoms with E-state index in [9.17, 15) is 4.79 Å². The van der Waals surface area contributed by atoms with Crippen molar-refractivity contribution in [3.8, 4) is 0 Å². The lowest BCUT2D eigenvalue weighted by Gasteiger charge is -2.27. The molecule has 86 valence electrons. The van der Waals surface area contributed by atoms with E-state index < -0.39 is 0 Å². The van der Waals surface area contributed by atoms with Crippen LogP contribution in [-0.2, 0) is 4.79 Å². The molecule has 4 nitrogen and oxygen atoms in total. The molecule has 2 unspecified atom stereocenters. The van der Waals surface area contributed by atoms with E-state index in [2.05, 4.69) is 11.9 Å². The molecule has 0 aromatic carbocycles. The molecule has 1 amide bonds. The van der Waals surface area contributed by atoms with E-state index in [0.29, 0.717) is 13.0 Å². The molecule has 1 aliphatic rings. The van der Waals surface area contributed by atoms with Crippen LogP contribution in [0.5, 0.6) is 0 Å². The Hall–Kier alpha value is -1.42. The highest BCUT2D eigenvalue weighted by atomic mass is 16.2. The van der Waals surface area contributed by atoms with Crippen molar-refractivity contribution in [1.29, 1.82) is 0 Å². The number of rotatable bonds is 3. The number of carbonyl (C=O) groups excluding carboxylic acids is 1. The summed E-state index contributed by atoms with van der Waals surface area (Å²) in [6.07, 6.45) is 4.93. The Labute approximate surface area is 95.5 Å². The van der Waals surface area contributed by atoms with Crippen molar-refractivity contribution >= 4 is 5.91 Å². The van der Waals surface area contributed by atoms with Gasteiger partial charge in [0, 0.05) is 31.4 Å². The number of nitrogens with two attached hydrogens (primary N) is 1. The van der Waals surface area contributed by atoms with Crippen LogP contribution in [0.1, 0.15) is 31.4 Å². The van der Waals surface area contributed by atoms with E-state index >= 15 is 0 Å². The SMILES string of the molecule is CCC(c1cccnc1)N1CC(N)CC1=O. The molecule has 2 N–H and O–H groups in total. The third kappa shape index (κ3) is 2.07. The van der Waals surface area contributed by atoms with Crippen LogP contribution in [0, 0.1) is 0 Å². The Morgan fingerprint density at radius 1 is 1.69 bits per heavy atom. The van der Waals surface area contributed by atoms with Crippen molar-refractivity contribution in [1.82, 2.24) is 9.88 Å². The van der Waals surface area contributed by atoms with Crippen LogP contribution < -0.4 is 5.73 Å². The fraction of sp³-hybridized carbons (Fsp3) is 0.500. The largest absolute Gasteiger partial charge is 0.334 e. The molecule has 0 aliphatic carbocycles. The molecule has 2 heterocycles. The Morgan fingerprint density at radius 3 is 3.00 bits per heavy atom. The van der Waals surface area contributed by atoms with Gasteiger partial charge < -0.3 is 10.6 Å². The summed E-state index contributed by atoms with van der Waals surface area (Å²) in [6, 6.07) is 4.02. The van der Waals surface area contributed by atoms with Gasteiger partial charge in [0.1, 0.15) is 0 Å². The maximum absolute atomic E-state index is 11.8. The molecule has 1 saturated heterocycles. The lowest BCUT2D eigenvalue weighted by molar-refractivity contribution is -0.129. The molecule has 0 bridgehead atoms. The Bertz CT molecular complexity index is 366. The first-order valence-corrected chi connectivity index (χ1v) is 5.67. The van der Waals surface area contributed by atoms with Crippen LogP contribution in [0.3, 0.4) is 0 Å². The minimum Gasteiger partial charge on any atom is -0.334 e. The summed E-state index contributed by atoms with van der Waals surface area (Å²) >= 11 is 0. The Kier molecular flexibility index (Phi) is 3.19. The second-order valence-corrected chi connectivity index (χ2v) is 4.22. The number of carbonyl (C=O) groups is 1. The van der Waals surface area contributed by atoms with Gasteiger partial charge in [0.25, 0.3) is 0 Å². The average molecular weight is 219 g/mol. The zero-order valence-corrected chi connectivity index (χ0v) is 9.47. The molecule has 1 aromatic heterocycles. The van der Waals surface area contributed by atoms with E-state index in [4.69, 9.17) is 5.73 Å². The first-order valence-electron chi connectivity index (χ1n) is 5.67. The average Bonchev–Trinajstić information content (AvgIpc) is 2.61. The standard InChI is InChI=1S/C12H17N3O/c1-2-11(9-4-3-5-14-7-9)15-8-10(13)6-12(15)16/h3-5,7,10-11H,2,6,8,13H2,1H3. The molecule has 2 rings (SSSR count). The minimum atomic E-state index is -0.0155. The maximum Gasteiger partial charge on any atom is 0.224 e. The highest BCUT2D eigenvalue weighted by Gasteiger charge is 2.32. The number of aromatic nitrogens is 1. The van der Waals surface area contributed by atoms with Crippen molar-refractivity contribution in [2.75, 3.05) is 6.54 Å². The smallest absolute Gasteiger partial charge is 0.224 e. The highest BCUT2D eigenvalue weighted by molar-refractivity contribution is 5.79.